The molecule has 18 heavy (non-hydrogen) atoms. The van der Waals surface area contributed by atoms with Gasteiger partial charge in [-0.15, -0.1) is 0 Å². The molecule has 0 N–H and O–H groups in total. The highest BCUT2D eigenvalue weighted by molar-refractivity contribution is 5.72. The third-order valence-electron chi connectivity index (χ3n) is 3.18. The maximum atomic E-state index is 11.4. The highest BCUT2D eigenvalue weighted by atomic mass is 16.5. The van der Waals surface area contributed by atoms with Gasteiger partial charge in [0.05, 0.1) is 37.9 Å². The number of rotatable bonds is 5. The van der Waals surface area contributed by atoms with Gasteiger partial charge in [-0.05, 0) is 46.5 Å². The van der Waals surface area contributed by atoms with Crippen molar-refractivity contribution in [3.63, 3.8) is 0 Å². The number of ether oxygens (including phenoxy) is 3. The predicted octanol–water partition coefficient (Wildman–Crippen LogP) is 2.55. The lowest BCUT2D eigenvalue weighted by Crippen LogP contribution is -2.28. The first-order chi connectivity index (χ1) is 8.42. The molecule has 4 nitrogen and oxygen atoms in total. The van der Waals surface area contributed by atoms with Crippen LogP contribution in [0.2, 0.25) is 0 Å². The molecule has 0 aromatic heterocycles. The number of carbonyl (C=O) groups is 1. The van der Waals surface area contributed by atoms with E-state index in [2.05, 4.69) is 0 Å². The van der Waals surface area contributed by atoms with Crippen LogP contribution >= 0.6 is 0 Å². The van der Waals surface area contributed by atoms with Crippen molar-refractivity contribution in [2.45, 2.75) is 58.2 Å². The molecule has 0 radical (unpaired) electrons. The van der Waals surface area contributed by atoms with Crippen LogP contribution in [0.4, 0.5) is 0 Å². The van der Waals surface area contributed by atoms with Gasteiger partial charge in [0.1, 0.15) is 0 Å². The Labute approximate surface area is 110 Å². The number of carbonyl (C=O) groups excluding carboxylic acids is 1. The van der Waals surface area contributed by atoms with Crippen LogP contribution < -0.4 is 0 Å². The Bertz CT molecular complexity index is 249. The molecule has 4 heteroatoms. The second-order valence-corrected chi connectivity index (χ2v) is 5.83. The normalized spacial score (nSPS) is 24.9. The Morgan fingerprint density at radius 1 is 1.11 bits per heavy atom. The van der Waals surface area contributed by atoms with Crippen molar-refractivity contribution in [1.82, 2.24) is 0 Å². The zero-order valence-corrected chi connectivity index (χ0v) is 12.0. The van der Waals surface area contributed by atoms with Gasteiger partial charge >= 0.3 is 5.97 Å². The molecule has 0 spiro atoms. The fourth-order valence-corrected chi connectivity index (χ4v) is 2.19. The minimum atomic E-state index is -0.105. The lowest BCUT2D eigenvalue weighted by molar-refractivity contribution is -0.147. The molecule has 0 amide bonds. The Balaban J connectivity index is 2.11. The van der Waals surface area contributed by atoms with Gasteiger partial charge in [0, 0.05) is 0 Å². The van der Waals surface area contributed by atoms with E-state index in [1.807, 2.05) is 20.8 Å². The second kappa shape index (κ2) is 7.10. The lowest BCUT2D eigenvalue weighted by atomic mass is 9.87. The van der Waals surface area contributed by atoms with Crippen molar-refractivity contribution in [2.24, 2.45) is 5.92 Å². The van der Waals surface area contributed by atoms with Crippen molar-refractivity contribution in [3.05, 3.63) is 0 Å². The molecule has 0 aliphatic heterocycles. The zero-order valence-electron chi connectivity index (χ0n) is 12.0. The summed E-state index contributed by atoms with van der Waals surface area (Å²) in [7, 11) is 1.45. The quantitative estimate of drug-likeness (QED) is 0.561. The van der Waals surface area contributed by atoms with Gasteiger partial charge in [0.2, 0.25) is 0 Å². The van der Waals surface area contributed by atoms with E-state index in [4.69, 9.17) is 14.2 Å². The summed E-state index contributed by atoms with van der Waals surface area (Å²) in [6.07, 6.45) is 3.90. The van der Waals surface area contributed by atoms with Crippen LogP contribution in [0.1, 0.15) is 46.5 Å². The summed E-state index contributed by atoms with van der Waals surface area (Å²) in [5.74, 6) is -0.00908. The third kappa shape index (κ3) is 5.83. The molecule has 106 valence electrons. The highest BCUT2D eigenvalue weighted by Crippen LogP contribution is 2.27. The second-order valence-electron chi connectivity index (χ2n) is 5.83. The smallest absolute Gasteiger partial charge is 0.308 e. The van der Waals surface area contributed by atoms with Gasteiger partial charge in [-0.3, -0.25) is 4.79 Å². The first-order valence-corrected chi connectivity index (χ1v) is 6.76. The maximum Gasteiger partial charge on any atom is 0.308 e. The van der Waals surface area contributed by atoms with Crippen LogP contribution in [0.25, 0.3) is 0 Å². The molecule has 0 aromatic rings. The summed E-state index contributed by atoms with van der Waals surface area (Å²) in [4.78, 5) is 11.4. The van der Waals surface area contributed by atoms with Crippen molar-refractivity contribution >= 4 is 5.97 Å². The molecular formula is C14H26O4. The van der Waals surface area contributed by atoms with Gasteiger partial charge in [-0.1, -0.05) is 0 Å². The van der Waals surface area contributed by atoms with E-state index in [0.29, 0.717) is 13.2 Å². The summed E-state index contributed by atoms with van der Waals surface area (Å²) >= 11 is 0. The van der Waals surface area contributed by atoms with E-state index in [9.17, 15) is 4.79 Å². The molecule has 1 aliphatic carbocycles. The van der Waals surface area contributed by atoms with E-state index < -0.39 is 0 Å². The zero-order chi connectivity index (χ0) is 13.6. The molecule has 1 rings (SSSR count). The van der Waals surface area contributed by atoms with Gasteiger partial charge in [0.15, 0.2) is 0 Å². The van der Waals surface area contributed by atoms with Crippen molar-refractivity contribution < 1.29 is 19.0 Å². The number of methoxy groups -OCH3 is 1. The lowest BCUT2D eigenvalue weighted by Gasteiger charge is -2.27. The van der Waals surface area contributed by atoms with Gasteiger partial charge in [-0.25, -0.2) is 0 Å². The van der Waals surface area contributed by atoms with Gasteiger partial charge in [-0.2, -0.15) is 0 Å². The molecule has 1 saturated carbocycles. The third-order valence-corrected chi connectivity index (χ3v) is 3.18. The summed E-state index contributed by atoms with van der Waals surface area (Å²) in [5.41, 5.74) is -0.105. The molecule has 0 heterocycles. The molecular weight excluding hydrogens is 232 g/mol. The maximum absolute atomic E-state index is 11.4. The van der Waals surface area contributed by atoms with Gasteiger partial charge < -0.3 is 14.2 Å². The SMILES string of the molecule is COC(=O)C1CCC(OCCOC(C)(C)C)CC1. The van der Waals surface area contributed by atoms with E-state index in [1.54, 1.807) is 0 Å². The first kappa shape index (κ1) is 15.4. The molecule has 0 aromatic carbocycles. The van der Waals surface area contributed by atoms with Crippen LogP contribution in [-0.2, 0) is 19.0 Å². The van der Waals surface area contributed by atoms with E-state index >= 15 is 0 Å². The topological polar surface area (TPSA) is 44.8 Å². The van der Waals surface area contributed by atoms with Crippen molar-refractivity contribution in [2.75, 3.05) is 20.3 Å². The largest absolute Gasteiger partial charge is 0.469 e. The Hall–Kier alpha value is -0.610. The first-order valence-electron chi connectivity index (χ1n) is 6.76. The molecule has 1 fully saturated rings. The minimum Gasteiger partial charge on any atom is -0.469 e. The summed E-state index contributed by atoms with van der Waals surface area (Å²) in [6, 6.07) is 0. The molecule has 0 unspecified atom stereocenters. The van der Waals surface area contributed by atoms with Crippen LogP contribution in [0, 0.1) is 5.92 Å². The van der Waals surface area contributed by atoms with Crippen LogP contribution in [0.5, 0.6) is 0 Å². The number of hydrogen-bond acceptors (Lipinski definition) is 4. The number of hydrogen-bond donors (Lipinski definition) is 0. The fraction of sp³-hybridized carbons (Fsp3) is 0.929. The van der Waals surface area contributed by atoms with Crippen molar-refractivity contribution in [3.8, 4) is 0 Å². The Kier molecular flexibility index (Phi) is 6.09. The van der Waals surface area contributed by atoms with E-state index in [0.717, 1.165) is 25.7 Å². The standard InChI is InChI=1S/C14H26O4/c1-14(2,3)18-10-9-17-12-7-5-11(6-8-12)13(15)16-4/h11-12H,5-10H2,1-4H3. The van der Waals surface area contributed by atoms with Crippen LogP contribution in [-0.4, -0.2) is 38.0 Å². The molecule has 0 saturated heterocycles. The Morgan fingerprint density at radius 3 is 2.22 bits per heavy atom. The predicted molar refractivity (Wildman–Crippen MR) is 69.4 cm³/mol. The Morgan fingerprint density at radius 2 is 1.72 bits per heavy atom. The minimum absolute atomic E-state index is 0.0701. The molecule has 1 aliphatic rings. The average Bonchev–Trinajstić information content (AvgIpc) is 2.33. The number of esters is 1. The monoisotopic (exact) mass is 258 g/mol. The average molecular weight is 258 g/mol. The fourth-order valence-electron chi connectivity index (χ4n) is 2.19. The summed E-state index contributed by atoms with van der Waals surface area (Å²) < 4.78 is 16.1. The highest BCUT2D eigenvalue weighted by Gasteiger charge is 2.27. The summed E-state index contributed by atoms with van der Waals surface area (Å²) in [6.45, 7) is 7.36. The van der Waals surface area contributed by atoms with E-state index in [1.165, 1.54) is 7.11 Å². The molecule has 0 atom stereocenters. The molecule has 0 bridgehead atoms. The van der Waals surface area contributed by atoms with Crippen LogP contribution in [0.15, 0.2) is 0 Å². The van der Waals surface area contributed by atoms with Gasteiger partial charge in [0.25, 0.3) is 0 Å². The van der Waals surface area contributed by atoms with Crippen LogP contribution in [0.3, 0.4) is 0 Å². The van der Waals surface area contributed by atoms with E-state index in [-0.39, 0.29) is 23.6 Å². The summed E-state index contributed by atoms with van der Waals surface area (Å²) in [5, 5.41) is 0. The van der Waals surface area contributed by atoms with Crippen molar-refractivity contribution in [1.29, 1.82) is 0 Å².